The van der Waals surface area contributed by atoms with Gasteiger partial charge in [-0.05, 0) is 44.2 Å². The molecule has 2 rings (SSSR count). The lowest BCUT2D eigenvalue weighted by molar-refractivity contribution is 0.339. The van der Waals surface area contributed by atoms with Crippen LogP contribution < -0.4 is 14.8 Å². The summed E-state index contributed by atoms with van der Waals surface area (Å²) in [4.78, 5) is 4.20. The van der Waals surface area contributed by atoms with Crippen molar-refractivity contribution in [1.82, 2.24) is 4.98 Å². The third-order valence-electron chi connectivity index (χ3n) is 2.46. The molecule has 0 aliphatic carbocycles. The van der Waals surface area contributed by atoms with Gasteiger partial charge in [0.15, 0.2) is 0 Å². The van der Waals surface area contributed by atoms with Crippen LogP contribution in [0.2, 0.25) is 0 Å². The van der Waals surface area contributed by atoms with E-state index in [1.54, 1.807) is 6.20 Å². The standard InChI is InChI=1S/C15H18N2O2/c1-3-16-15-11-14(9-10-17-15)19-13-7-5-12(6-8-13)18-4-2/h5-11H,3-4H2,1-2H3,(H,16,17). The normalized spacial score (nSPS) is 10.0. The van der Waals surface area contributed by atoms with E-state index >= 15 is 0 Å². The largest absolute Gasteiger partial charge is 0.494 e. The number of hydrogen-bond acceptors (Lipinski definition) is 4. The second-order valence-electron chi connectivity index (χ2n) is 3.91. The lowest BCUT2D eigenvalue weighted by atomic mass is 10.3. The Bertz CT molecular complexity index is 512. The molecule has 0 saturated heterocycles. The highest BCUT2D eigenvalue weighted by Crippen LogP contribution is 2.24. The van der Waals surface area contributed by atoms with Crippen LogP contribution >= 0.6 is 0 Å². The van der Waals surface area contributed by atoms with E-state index in [0.29, 0.717) is 6.61 Å². The van der Waals surface area contributed by atoms with Crippen LogP contribution in [-0.4, -0.2) is 18.1 Å². The molecule has 0 unspecified atom stereocenters. The number of nitrogens with one attached hydrogen (secondary N) is 1. The fourth-order valence-corrected chi connectivity index (χ4v) is 1.66. The maximum Gasteiger partial charge on any atom is 0.132 e. The summed E-state index contributed by atoms with van der Waals surface area (Å²) in [6.07, 6.45) is 1.72. The van der Waals surface area contributed by atoms with Gasteiger partial charge in [-0.15, -0.1) is 0 Å². The van der Waals surface area contributed by atoms with Crippen LogP contribution in [0.1, 0.15) is 13.8 Å². The number of aromatic nitrogens is 1. The average Bonchev–Trinajstić information content (AvgIpc) is 2.42. The van der Waals surface area contributed by atoms with Crippen molar-refractivity contribution >= 4 is 5.82 Å². The Morgan fingerprint density at radius 1 is 1.00 bits per heavy atom. The van der Waals surface area contributed by atoms with E-state index in [4.69, 9.17) is 9.47 Å². The first kappa shape index (κ1) is 13.2. The van der Waals surface area contributed by atoms with Crippen molar-refractivity contribution < 1.29 is 9.47 Å². The van der Waals surface area contributed by atoms with E-state index < -0.39 is 0 Å². The topological polar surface area (TPSA) is 43.4 Å². The van der Waals surface area contributed by atoms with Crippen molar-refractivity contribution in [1.29, 1.82) is 0 Å². The van der Waals surface area contributed by atoms with Gasteiger partial charge in [-0.25, -0.2) is 4.98 Å². The van der Waals surface area contributed by atoms with Gasteiger partial charge in [0.1, 0.15) is 23.1 Å². The molecule has 100 valence electrons. The molecule has 0 saturated carbocycles. The molecule has 0 aliphatic heterocycles. The maximum atomic E-state index is 5.76. The maximum absolute atomic E-state index is 5.76. The van der Waals surface area contributed by atoms with Gasteiger partial charge in [0.2, 0.25) is 0 Å². The van der Waals surface area contributed by atoms with Crippen molar-refractivity contribution in [2.45, 2.75) is 13.8 Å². The fraction of sp³-hybridized carbons (Fsp3) is 0.267. The van der Waals surface area contributed by atoms with Gasteiger partial charge in [0, 0.05) is 18.8 Å². The summed E-state index contributed by atoms with van der Waals surface area (Å²) in [5.74, 6) is 3.19. The second-order valence-corrected chi connectivity index (χ2v) is 3.91. The molecule has 2 aromatic rings. The Balaban J connectivity index is 2.05. The Hall–Kier alpha value is -2.23. The second kappa shape index (κ2) is 6.64. The predicted molar refractivity (Wildman–Crippen MR) is 76.1 cm³/mol. The van der Waals surface area contributed by atoms with E-state index in [9.17, 15) is 0 Å². The summed E-state index contributed by atoms with van der Waals surface area (Å²) in [5, 5.41) is 3.15. The molecule has 19 heavy (non-hydrogen) atoms. The van der Waals surface area contributed by atoms with Crippen LogP contribution in [-0.2, 0) is 0 Å². The van der Waals surface area contributed by atoms with Gasteiger partial charge in [-0.2, -0.15) is 0 Å². The number of pyridine rings is 1. The lowest BCUT2D eigenvalue weighted by Gasteiger charge is -2.08. The fourth-order valence-electron chi connectivity index (χ4n) is 1.66. The molecular weight excluding hydrogens is 240 g/mol. The molecule has 4 heteroatoms. The summed E-state index contributed by atoms with van der Waals surface area (Å²) in [5.41, 5.74) is 0. The Morgan fingerprint density at radius 2 is 1.74 bits per heavy atom. The molecule has 1 aromatic heterocycles. The first-order valence-corrected chi connectivity index (χ1v) is 6.42. The van der Waals surface area contributed by atoms with Gasteiger partial charge >= 0.3 is 0 Å². The summed E-state index contributed by atoms with van der Waals surface area (Å²) in [6, 6.07) is 11.3. The molecule has 0 amide bonds. The van der Waals surface area contributed by atoms with E-state index in [0.717, 1.165) is 29.6 Å². The van der Waals surface area contributed by atoms with Crippen molar-refractivity contribution in [3.63, 3.8) is 0 Å². The smallest absolute Gasteiger partial charge is 0.132 e. The van der Waals surface area contributed by atoms with Gasteiger partial charge < -0.3 is 14.8 Å². The van der Waals surface area contributed by atoms with Crippen molar-refractivity contribution in [2.75, 3.05) is 18.5 Å². The molecule has 0 spiro atoms. The van der Waals surface area contributed by atoms with Crippen LogP contribution in [0.5, 0.6) is 17.2 Å². The van der Waals surface area contributed by atoms with E-state index in [1.807, 2.05) is 50.2 Å². The highest BCUT2D eigenvalue weighted by atomic mass is 16.5. The van der Waals surface area contributed by atoms with Crippen LogP contribution in [0, 0.1) is 0 Å². The predicted octanol–water partition coefficient (Wildman–Crippen LogP) is 3.70. The van der Waals surface area contributed by atoms with Crippen LogP contribution in [0.4, 0.5) is 5.82 Å². The molecular formula is C15H18N2O2. The van der Waals surface area contributed by atoms with Crippen LogP contribution in [0.15, 0.2) is 42.6 Å². The zero-order valence-corrected chi connectivity index (χ0v) is 11.2. The van der Waals surface area contributed by atoms with Crippen molar-refractivity contribution in [3.8, 4) is 17.2 Å². The SMILES string of the molecule is CCNc1cc(Oc2ccc(OCC)cc2)ccn1. The molecule has 0 bridgehead atoms. The van der Waals surface area contributed by atoms with Crippen LogP contribution in [0.3, 0.4) is 0 Å². The first-order chi connectivity index (χ1) is 9.31. The molecule has 0 fully saturated rings. The molecule has 1 N–H and O–H groups in total. The van der Waals surface area contributed by atoms with E-state index in [1.165, 1.54) is 0 Å². The van der Waals surface area contributed by atoms with Gasteiger partial charge in [-0.3, -0.25) is 0 Å². The summed E-state index contributed by atoms with van der Waals surface area (Å²) in [7, 11) is 0. The Morgan fingerprint density at radius 3 is 2.42 bits per heavy atom. The summed E-state index contributed by atoms with van der Waals surface area (Å²) < 4.78 is 11.1. The quantitative estimate of drug-likeness (QED) is 0.857. The molecule has 4 nitrogen and oxygen atoms in total. The highest BCUT2D eigenvalue weighted by molar-refractivity contribution is 5.42. The first-order valence-electron chi connectivity index (χ1n) is 6.42. The Kier molecular flexibility index (Phi) is 4.61. The Labute approximate surface area is 113 Å². The highest BCUT2D eigenvalue weighted by Gasteiger charge is 2.00. The number of hydrogen-bond donors (Lipinski definition) is 1. The molecule has 0 aliphatic rings. The average molecular weight is 258 g/mol. The summed E-state index contributed by atoms with van der Waals surface area (Å²) in [6.45, 7) is 5.49. The third kappa shape index (κ3) is 3.88. The monoisotopic (exact) mass is 258 g/mol. The zero-order chi connectivity index (χ0) is 13.5. The van der Waals surface area contributed by atoms with Gasteiger partial charge in [0.25, 0.3) is 0 Å². The third-order valence-corrected chi connectivity index (χ3v) is 2.46. The minimum atomic E-state index is 0.663. The molecule has 0 radical (unpaired) electrons. The van der Waals surface area contributed by atoms with Gasteiger partial charge in [-0.1, -0.05) is 0 Å². The van der Waals surface area contributed by atoms with Crippen molar-refractivity contribution in [2.24, 2.45) is 0 Å². The number of benzene rings is 1. The minimum Gasteiger partial charge on any atom is -0.494 e. The van der Waals surface area contributed by atoms with Crippen LogP contribution in [0.25, 0.3) is 0 Å². The zero-order valence-electron chi connectivity index (χ0n) is 11.2. The summed E-state index contributed by atoms with van der Waals surface area (Å²) >= 11 is 0. The van der Waals surface area contributed by atoms with Crippen molar-refractivity contribution in [3.05, 3.63) is 42.6 Å². The van der Waals surface area contributed by atoms with E-state index in [-0.39, 0.29) is 0 Å². The van der Waals surface area contributed by atoms with Gasteiger partial charge in [0.05, 0.1) is 6.61 Å². The molecule has 0 atom stereocenters. The number of ether oxygens (including phenoxy) is 2. The van der Waals surface area contributed by atoms with E-state index in [2.05, 4.69) is 10.3 Å². The minimum absolute atomic E-state index is 0.663. The molecule has 1 heterocycles. The number of anilines is 1. The number of rotatable bonds is 6. The number of nitrogens with zero attached hydrogens (tertiary/aromatic N) is 1. The lowest BCUT2D eigenvalue weighted by Crippen LogP contribution is -1.98. The molecule has 1 aromatic carbocycles.